The molecule has 1 aliphatic carbocycles. The average molecular weight is 290 g/mol. The fourth-order valence-electron chi connectivity index (χ4n) is 3.76. The lowest BCUT2D eigenvalue weighted by atomic mass is 10.1. The van der Waals surface area contributed by atoms with Gasteiger partial charge in [0.1, 0.15) is 5.82 Å². The fourth-order valence-corrected chi connectivity index (χ4v) is 3.76. The molecule has 3 rings (SSSR count). The summed E-state index contributed by atoms with van der Waals surface area (Å²) >= 11 is 0. The molecule has 1 saturated carbocycles. The van der Waals surface area contributed by atoms with Crippen LogP contribution >= 0.6 is 0 Å². The van der Waals surface area contributed by atoms with Crippen LogP contribution in [0.2, 0.25) is 0 Å². The van der Waals surface area contributed by atoms with E-state index in [0.717, 1.165) is 25.7 Å². The second kappa shape index (κ2) is 7.37. The molecule has 2 nitrogen and oxygen atoms in total. The zero-order chi connectivity index (χ0) is 14.5. The molecule has 0 aromatic heterocycles. The third-order valence-electron chi connectivity index (χ3n) is 5.07. The normalized spacial score (nSPS) is 23.1. The highest BCUT2D eigenvalue weighted by Crippen LogP contribution is 2.23. The van der Waals surface area contributed by atoms with E-state index in [-0.39, 0.29) is 5.82 Å². The van der Waals surface area contributed by atoms with Crippen molar-refractivity contribution >= 4 is 0 Å². The lowest BCUT2D eigenvalue weighted by Crippen LogP contribution is -2.49. The number of rotatable bonds is 3. The predicted molar refractivity (Wildman–Crippen MR) is 84.7 cm³/mol. The summed E-state index contributed by atoms with van der Waals surface area (Å²) in [6.45, 7) is 5.65. The summed E-state index contributed by atoms with van der Waals surface area (Å²) in [4.78, 5) is 5.22. The molecule has 0 unspecified atom stereocenters. The molecule has 0 radical (unpaired) electrons. The maximum atomic E-state index is 12.9. The van der Waals surface area contributed by atoms with Crippen LogP contribution in [0.4, 0.5) is 4.39 Å². The molecule has 1 aliphatic heterocycles. The molecule has 1 aromatic carbocycles. The maximum Gasteiger partial charge on any atom is 0.123 e. The summed E-state index contributed by atoms with van der Waals surface area (Å²) in [6, 6.07) is 7.79. The minimum absolute atomic E-state index is 0.142. The summed E-state index contributed by atoms with van der Waals surface area (Å²) in [7, 11) is 0. The number of halogens is 1. The minimum atomic E-state index is -0.142. The van der Waals surface area contributed by atoms with Crippen molar-refractivity contribution < 1.29 is 4.39 Å². The maximum absolute atomic E-state index is 12.9. The summed E-state index contributed by atoms with van der Waals surface area (Å²) < 4.78 is 12.9. The Morgan fingerprint density at radius 1 is 0.857 bits per heavy atom. The van der Waals surface area contributed by atoms with E-state index < -0.39 is 0 Å². The van der Waals surface area contributed by atoms with Crippen LogP contribution in [-0.2, 0) is 6.54 Å². The minimum Gasteiger partial charge on any atom is -0.298 e. The summed E-state index contributed by atoms with van der Waals surface area (Å²) in [5.74, 6) is -0.142. The van der Waals surface area contributed by atoms with Crippen LogP contribution in [0, 0.1) is 5.82 Å². The first-order valence-corrected chi connectivity index (χ1v) is 8.52. The Labute approximate surface area is 127 Å². The molecule has 1 aromatic rings. The van der Waals surface area contributed by atoms with Crippen LogP contribution in [0.15, 0.2) is 24.3 Å². The largest absolute Gasteiger partial charge is 0.298 e. The molecule has 2 aliphatic rings. The monoisotopic (exact) mass is 290 g/mol. The number of nitrogens with zero attached hydrogens (tertiary/aromatic N) is 2. The molecule has 0 bridgehead atoms. The van der Waals surface area contributed by atoms with Crippen LogP contribution in [0.5, 0.6) is 0 Å². The number of hydrogen-bond acceptors (Lipinski definition) is 2. The van der Waals surface area contributed by atoms with E-state index in [1.54, 1.807) is 12.1 Å². The van der Waals surface area contributed by atoms with Gasteiger partial charge in [0.25, 0.3) is 0 Å². The first kappa shape index (κ1) is 15.0. The van der Waals surface area contributed by atoms with E-state index in [9.17, 15) is 4.39 Å². The van der Waals surface area contributed by atoms with Crippen molar-refractivity contribution in [3.8, 4) is 0 Å². The third kappa shape index (κ3) is 4.27. The summed E-state index contributed by atoms with van der Waals surface area (Å²) in [6.07, 6.45) is 8.50. The molecule has 1 saturated heterocycles. The highest BCUT2D eigenvalue weighted by molar-refractivity contribution is 5.15. The van der Waals surface area contributed by atoms with Crippen molar-refractivity contribution in [1.29, 1.82) is 0 Å². The Morgan fingerprint density at radius 2 is 1.48 bits per heavy atom. The van der Waals surface area contributed by atoms with E-state index in [0.29, 0.717) is 0 Å². The van der Waals surface area contributed by atoms with Crippen molar-refractivity contribution in [3.63, 3.8) is 0 Å². The first-order valence-electron chi connectivity index (χ1n) is 8.52. The van der Waals surface area contributed by atoms with Crippen molar-refractivity contribution in [3.05, 3.63) is 35.6 Å². The van der Waals surface area contributed by atoms with Gasteiger partial charge in [0.15, 0.2) is 0 Å². The molecule has 0 spiro atoms. The SMILES string of the molecule is Fc1ccc(CN2CCN(C3CCCCCC3)CC2)cc1. The molecule has 116 valence electrons. The van der Waals surface area contributed by atoms with E-state index in [1.807, 2.05) is 12.1 Å². The van der Waals surface area contributed by atoms with Gasteiger partial charge in [0.05, 0.1) is 0 Å². The van der Waals surface area contributed by atoms with Gasteiger partial charge in [-0.25, -0.2) is 4.39 Å². The highest BCUT2D eigenvalue weighted by Gasteiger charge is 2.24. The van der Waals surface area contributed by atoms with Gasteiger partial charge < -0.3 is 0 Å². The van der Waals surface area contributed by atoms with Crippen LogP contribution in [0.1, 0.15) is 44.1 Å². The Hall–Kier alpha value is -0.930. The smallest absolute Gasteiger partial charge is 0.123 e. The first-order chi connectivity index (χ1) is 10.3. The van der Waals surface area contributed by atoms with E-state index in [4.69, 9.17) is 0 Å². The second-order valence-corrected chi connectivity index (χ2v) is 6.58. The Morgan fingerprint density at radius 3 is 2.10 bits per heavy atom. The van der Waals surface area contributed by atoms with Gasteiger partial charge in [0, 0.05) is 38.8 Å². The van der Waals surface area contributed by atoms with Crippen molar-refractivity contribution in [1.82, 2.24) is 9.80 Å². The van der Waals surface area contributed by atoms with E-state index in [2.05, 4.69) is 9.80 Å². The van der Waals surface area contributed by atoms with Gasteiger partial charge in [-0.3, -0.25) is 9.80 Å². The standard InChI is InChI=1S/C18H27FN2/c19-17-9-7-16(8-10-17)15-20-11-13-21(14-12-20)18-5-3-1-2-4-6-18/h7-10,18H,1-6,11-15H2. The quantitative estimate of drug-likeness (QED) is 0.784. The fraction of sp³-hybridized carbons (Fsp3) is 0.667. The van der Waals surface area contributed by atoms with E-state index in [1.165, 1.54) is 57.2 Å². The van der Waals surface area contributed by atoms with Crippen LogP contribution in [-0.4, -0.2) is 42.0 Å². The zero-order valence-corrected chi connectivity index (χ0v) is 12.9. The summed E-state index contributed by atoms with van der Waals surface area (Å²) in [5, 5.41) is 0. The molecule has 2 fully saturated rings. The second-order valence-electron chi connectivity index (χ2n) is 6.58. The molecule has 21 heavy (non-hydrogen) atoms. The molecular weight excluding hydrogens is 263 g/mol. The Bertz CT molecular complexity index is 415. The van der Waals surface area contributed by atoms with Gasteiger partial charge in [0.2, 0.25) is 0 Å². The van der Waals surface area contributed by atoms with Crippen molar-refractivity contribution in [2.24, 2.45) is 0 Å². The van der Waals surface area contributed by atoms with E-state index >= 15 is 0 Å². The van der Waals surface area contributed by atoms with Crippen LogP contribution in [0.3, 0.4) is 0 Å². The number of piperazine rings is 1. The molecule has 0 N–H and O–H groups in total. The van der Waals surface area contributed by atoms with Gasteiger partial charge in [-0.1, -0.05) is 37.8 Å². The lowest BCUT2D eigenvalue weighted by molar-refractivity contribution is 0.0851. The lowest BCUT2D eigenvalue weighted by Gasteiger charge is -2.39. The third-order valence-corrected chi connectivity index (χ3v) is 5.07. The van der Waals surface area contributed by atoms with Gasteiger partial charge in [-0.05, 0) is 30.5 Å². The Balaban J connectivity index is 1.47. The van der Waals surface area contributed by atoms with Crippen LogP contribution < -0.4 is 0 Å². The van der Waals surface area contributed by atoms with Crippen molar-refractivity contribution in [2.45, 2.75) is 51.1 Å². The number of hydrogen-bond donors (Lipinski definition) is 0. The van der Waals surface area contributed by atoms with Crippen molar-refractivity contribution in [2.75, 3.05) is 26.2 Å². The topological polar surface area (TPSA) is 6.48 Å². The molecule has 3 heteroatoms. The van der Waals surface area contributed by atoms with Crippen LogP contribution in [0.25, 0.3) is 0 Å². The molecule has 1 heterocycles. The average Bonchev–Trinajstić information content (AvgIpc) is 2.80. The van der Waals surface area contributed by atoms with Gasteiger partial charge in [-0.2, -0.15) is 0 Å². The zero-order valence-electron chi connectivity index (χ0n) is 12.9. The highest BCUT2D eigenvalue weighted by atomic mass is 19.1. The number of benzene rings is 1. The van der Waals surface area contributed by atoms with Gasteiger partial charge >= 0.3 is 0 Å². The molecule has 0 atom stereocenters. The summed E-state index contributed by atoms with van der Waals surface area (Å²) in [5.41, 5.74) is 1.22. The predicted octanol–water partition coefficient (Wildman–Crippen LogP) is 3.67. The molecular formula is C18H27FN2. The Kier molecular flexibility index (Phi) is 5.26. The molecule has 0 amide bonds. The van der Waals surface area contributed by atoms with Gasteiger partial charge in [-0.15, -0.1) is 0 Å².